The lowest BCUT2D eigenvalue weighted by molar-refractivity contribution is 0.0996. The van der Waals surface area contributed by atoms with Crippen LogP contribution in [0.3, 0.4) is 0 Å². The standard InChI is InChI=1S/C26H29N7O4S2/c27-16-3-1-2-4-17(16)30-14-9-18(23(26(28)35)29-12-14)31-21-11-20(39-32-21)15-13-37-24-19(34)10-22(38-25(15)24)33-5-7-36-8-6-33/h9-13,16-17,30H,1-8,27H2,(H2,28,35)(H,31,32)/t16-,17+/m1/s1. The van der Waals surface area contributed by atoms with E-state index in [-0.39, 0.29) is 23.2 Å². The van der Waals surface area contributed by atoms with E-state index < -0.39 is 5.91 Å². The number of morpholine rings is 1. The molecule has 5 heterocycles. The molecule has 4 aromatic rings. The maximum Gasteiger partial charge on any atom is 0.269 e. The Morgan fingerprint density at radius 1 is 1.15 bits per heavy atom. The zero-order valence-electron chi connectivity index (χ0n) is 21.1. The van der Waals surface area contributed by atoms with E-state index in [1.54, 1.807) is 24.6 Å². The van der Waals surface area contributed by atoms with Gasteiger partial charge in [-0.15, -0.1) is 11.3 Å². The van der Waals surface area contributed by atoms with Gasteiger partial charge in [0.25, 0.3) is 5.91 Å². The van der Waals surface area contributed by atoms with Gasteiger partial charge >= 0.3 is 0 Å². The van der Waals surface area contributed by atoms with E-state index in [2.05, 4.69) is 24.9 Å². The Morgan fingerprint density at radius 2 is 1.97 bits per heavy atom. The second kappa shape index (κ2) is 10.9. The first-order valence-corrected chi connectivity index (χ1v) is 14.5. The summed E-state index contributed by atoms with van der Waals surface area (Å²) in [5, 5.41) is 7.55. The minimum atomic E-state index is -0.643. The van der Waals surface area contributed by atoms with Gasteiger partial charge in [-0.05, 0) is 30.4 Å². The largest absolute Gasteiger partial charge is 0.459 e. The highest BCUT2D eigenvalue weighted by Gasteiger charge is 2.23. The average molecular weight is 568 g/mol. The van der Waals surface area contributed by atoms with Crippen LogP contribution in [0.4, 0.5) is 22.2 Å². The van der Waals surface area contributed by atoms with Crippen LogP contribution in [0.15, 0.2) is 39.9 Å². The van der Waals surface area contributed by atoms with E-state index in [0.29, 0.717) is 30.3 Å². The molecule has 39 heavy (non-hydrogen) atoms. The number of hydrogen-bond acceptors (Lipinski definition) is 12. The van der Waals surface area contributed by atoms with E-state index in [4.69, 9.17) is 20.6 Å². The highest BCUT2D eigenvalue weighted by molar-refractivity contribution is 7.23. The number of nitrogens with one attached hydrogen (secondary N) is 2. The lowest BCUT2D eigenvalue weighted by atomic mass is 9.91. The van der Waals surface area contributed by atoms with Gasteiger partial charge in [0.2, 0.25) is 5.43 Å². The Labute approximate surface area is 232 Å². The van der Waals surface area contributed by atoms with Crippen molar-refractivity contribution < 1.29 is 13.9 Å². The Bertz CT molecular complexity index is 1560. The number of furan rings is 1. The molecular weight excluding hydrogens is 538 g/mol. The molecule has 204 valence electrons. The predicted molar refractivity (Wildman–Crippen MR) is 154 cm³/mol. The van der Waals surface area contributed by atoms with Gasteiger partial charge in [-0.3, -0.25) is 9.59 Å². The van der Waals surface area contributed by atoms with Crippen molar-refractivity contribution in [3.63, 3.8) is 0 Å². The Kier molecular flexibility index (Phi) is 7.21. The van der Waals surface area contributed by atoms with Crippen molar-refractivity contribution in [1.82, 2.24) is 9.36 Å². The number of primary amides is 1. The molecule has 13 heteroatoms. The van der Waals surface area contributed by atoms with E-state index in [9.17, 15) is 9.59 Å². The number of rotatable bonds is 7. The van der Waals surface area contributed by atoms with Gasteiger partial charge in [0.05, 0.1) is 45.4 Å². The summed E-state index contributed by atoms with van der Waals surface area (Å²) in [6.45, 7) is 2.74. The van der Waals surface area contributed by atoms with E-state index >= 15 is 0 Å². The van der Waals surface area contributed by atoms with Crippen LogP contribution in [-0.2, 0) is 4.74 Å². The fourth-order valence-electron chi connectivity index (χ4n) is 5.03. The Hall–Kier alpha value is -3.52. The molecule has 4 aromatic heterocycles. The third-order valence-corrected chi connectivity index (χ3v) is 9.10. The number of pyridine rings is 1. The van der Waals surface area contributed by atoms with Crippen molar-refractivity contribution in [1.29, 1.82) is 0 Å². The Morgan fingerprint density at radius 3 is 2.77 bits per heavy atom. The number of fused-ring (bicyclic) bond motifs is 1. The fraction of sp³-hybridized carbons (Fsp3) is 0.385. The summed E-state index contributed by atoms with van der Waals surface area (Å²) in [7, 11) is 0. The number of amides is 1. The second-order valence-corrected chi connectivity index (χ2v) is 11.6. The number of carbonyl (C=O) groups excluding carboxylic acids is 1. The van der Waals surface area contributed by atoms with E-state index in [0.717, 1.165) is 64.6 Å². The molecule has 1 aliphatic heterocycles. The molecule has 2 atom stereocenters. The molecule has 11 nitrogen and oxygen atoms in total. The van der Waals surface area contributed by atoms with Crippen LogP contribution in [0.5, 0.6) is 0 Å². The molecular formula is C26H29N7O4S2. The molecule has 1 aliphatic carbocycles. The van der Waals surface area contributed by atoms with Crippen molar-refractivity contribution >= 4 is 61.3 Å². The minimum Gasteiger partial charge on any atom is -0.459 e. The van der Waals surface area contributed by atoms with Crippen molar-refractivity contribution in [3.8, 4) is 10.4 Å². The zero-order chi connectivity index (χ0) is 26.9. The van der Waals surface area contributed by atoms with Crippen LogP contribution < -0.4 is 32.4 Å². The molecule has 1 amide bonds. The highest BCUT2D eigenvalue weighted by Crippen LogP contribution is 2.39. The Balaban J connectivity index is 1.28. The molecule has 0 aromatic carbocycles. The predicted octanol–water partition coefficient (Wildman–Crippen LogP) is 3.73. The number of nitrogens with two attached hydrogens (primary N) is 2. The highest BCUT2D eigenvalue weighted by atomic mass is 32.1. The van der Waals surface area contributed by atoms with Gasteiger partial charge in [0.15, 0.2) is 11.3 Å². The number of ether oxygens (including phenoxy) is 1. The lowest BCUT2D eigenvalue weighted by Crippen LogP contribution is -2.42. The lowest BCUT2D eigenvalue weighted by Gasteiger charge is -2.30. The second-order valence-electron chi connectivity index (χ2n) is 9.74. The molecule has 2 fully saturated rings. The summed E-state index contributed by atoms with van der Waals surface area (Å²) >= 11 is 2.78. The first-order chi connectivity index (χ1) is 19.0. The molecule has 1 saturated heterocycles. The maximum absolute atomic E-state index is 12.8. The molecule has 0 bridgehead atoms. The summed E-state index contributed by atoms with van der Waals surface area (Å²) in [4.78, 5) is 32.2. The van der Waals surface area contributed by atoms with Gasteiger partial charge in [0, 0.05) is 42.9 Å². The van der Waals surface area contributed by atoms with Gasteiger partial charge in [-0.25, -0.2) is 4.98 Å². The summed E-state index contributed by atoms with van der Waals surface area (Å²) in [5.41, 5.74) is 14.2. The van der Waals surface area contributed by atoms with Crippen LogP contribution in [0.2, 0.25) is 0 Å². The summed E-state index contributed by atoms with van der Waals surface area (Å²) in [5.74, 6) is -0.119. The molecule has 0 spiro atoms. The van der Waals surface area contributed by atoms with Gasteiger partial charge in [-0.2, -0.15) is 4.37 Å². The molecule has 6 rings (SSSR count). The van der Waals surface area contributed by atoms with Gasteiger partial charge in [-0.1, -0.05) is 12.8 Å². The number of anilines is 4. The van der Waals surface area contributed by atoms with Crippen LogP contribution in [-0.4, -0.2) is 53.7 Å². The summed E-state index contributed by atoms with van der Waals surface area (Å²) in [6, 6.07) is 5.50. The number of carbonyl (C=O) groups is 1. The number of aromatic nitrogens is 2. The van der Waals surface area contributed by atoms with Crippen molar-refractivity contribution in [2.45, 2.75) is 37.8 Å². The smallest absolute Gasteiger partial charge is 0.269 e. The van der Waals surface area contributed by atoms with Crippen LogP contribution in [0.1, 0.15) is 36.2 Å². The average Bonchev–Trinajstić information content (AvgIpc) is 3.58. The zero-order valence-corrected chi connectivity index (χ0v) is 22.8. The third kappa shape index (κ3) is 5.35. The van der Waals surface area contributed by atoms with Crippen LogP contribution >= 0.6 is 22.9 Å². The summed E-state index contributed by atoms with van der Waals surface area (Å²) in [6.07, 6.45) is 7.41. The van der Waals surface area contributed by atoms with Crippen LogP contribution in [0.25, 0.3) is 20.7 Å². The molecule has 2 aliphatic rings. The first kappa shape index (κ1) is 25.7. The third-order valence-electron chi connectivity index (χ3n) is 7.08. The monoisotopic (exact) mass is 567 g/mol. The van der Waals surface area contributed by atoms with Gasteiger partial charge < -0.3 is 36.2 Å². The summed E-state index contributed by atoms with van der Waals surface area (Å²) < 4.78 is 16.4. The topological polar surface area (TPSA) is 162 Å². The molecule has 1 saturated carbocycles. The molecule has 0 unspecified atom stereocenters. The number of hydrogen-bond donors (Lipinski definition) is 4. The van der Waals surface area contributed by atoms with Crippen molar-refractivity contribution in [2.24, 2.45) is 11.5 Å². The fourth-order valence-corrected chi connectivity index (χ4v) is 7.00. The van der Waals surface area contributed by atoms with Crippen molar-refractivity contribution in [2.75, 3.05) is 41.8 Å². The van der Waals surface area contributed by atoms with Gasteiger partial charge in [0.1, 0.15) is 12.1 Å². The first-order valence-electron chi connectivity index (χ1n) is 12.9. The molecule has 6 N–H and O–H groups in total. The van der Waals surface area contributed by atoms with E-state index in [1.165, 1.54) is 22.9 Å². The quantitative estimate of drug-likeness (QED) is 0.259. The van der Waals surface area contributed by atoms with Crippen molar-refractivity contribution in [3.05, 3.63) is 46.6 Å². The maximum atomic E-state index is 12.8. The van der Waals surface area contributed by atoms with Crippen LogP contribution in [0, 0.1) is 0 Å². The SMILES string of the molecule is NC(=O)c1ncc(N[C@H]2CCCC[C@H]2N)cc1Nc1cc(-c2coc3c(=O)cc(N4CCOCC4)sc23)sn1. The normalized spacial score (nSPS) is 19.8. The number of nitrogens with zero attached hydrogens (tertiary/aromatic N) is 3. The van der Waals surface area contributed by atoms with E-state index in [1.807, 2.05) is 6.07 Å². The molecule has 0 radical (unpaired) electrons. The minimum absolute atomic E-state index is 0.0660.